The Hall–Kier alpha value is -0.990. The van der Waals surface area contributed by atoms with E-state index in [1.165, 1.54) is 17.9 Å². The van der Waals surface area contributed by atoms with Crippen LogP contribution < -0.4 is 5.32 Å². The summed E-state index contributed by atoms with van der Waals surface area (Å²) in [6, 6.07) is 4.72. The minimum absolute atomic E-state index is 0.279. The predicted molar refractivity (Wildman–Crippen MR) is 87.3 cm³/mol. The molecule has 0 spiro atoms. The van der Waals surface area contributed by atoms with Gasteiger partial charge in [-0.1, -0.05) is 13.3 Å². The average Bonchev–Trinajstić information content (AvgIpc) is 3.01. The lowest BCUT2D eigenvalue weighted by atomic mass is 9.86. The fourth-order valence-corrected chi connectivity index (χ4v) is 4.36. The highest BCUT2D eigenvalue weighted by Gasteiger charge is 2.42. The van der Waals surface area contributed by atoms with E-state index in [2.05, 4.69) is 29.5 Å². The van der Waals surface area contributed by atoms with Crippen molar-refractivity contribution in [2.75, 3.05) is 12.3 Å². The van der Waals surface area contributed by atoms with Gasteiger partial charge in [0.25, 0.3) is 0 Å². The summed E-state index contributed by atoms with van der Waals surface area (Å²) in [4.78, 5) is 0. The minimum Gasteiger partial charge on any atom is -0.299 e. The third kappa shape index (κ3) is 3.81. The predicted octanol–water partition coefficient (Wildman–Crippen LogP) is 3.27. The van der Waals surface area contributed by atoms with Gasteiger partial charge in [0.2, 0.25) is 0 Å². The Morgan fingerprint density at radius 2 is 2.43 bits per heavy atom. The van der Waals surface area contributed by atoms with Crippen molar-refractivity contribution in [3.63, 3.8) is 0 Å². The third-order valence-corrected chi connectivity index (χ3v) is 5.50. The molecule has 1 aromatic rings. The molecule has 0 bridgehead atoms. The first-order valence-corrected chi connectivity index (χ1v) is 8.89. The van der Waals surface area contributed by atoms with Crippen LogP contribution in [0.25, 0.3) is 0 Å². The molecule has 1 fully saturated rings. The quantitative estimate of drug-likeness (QED) is 0.786. The Kier molecular flexibility index (Phi) is 5.72. The van der Waals surface area contributed by atoms with Crippen molar-refractivity contribution in [3.8, 4) is 6.07 Å². The Morgan fingerprint density at radius 1 is 1.62 bits per heavy atom. The van der Waals surface area contributed by atoms with Gasteiger partial charge in [-0.05, 0) is 56.9 Å². The Labute approximate surface area is 132 Å². The molecular formula is C16H26N4S. The normalized spacial score (nSPS) is 25.1. The molecular weight excluding hydrogens is 280 g/mol. The van der Waals surface area contributed by atoms with Gasteiger partial charge in [0.05, 0.1) is 16.8 Å². The van der Waals surface area contributed by atoms with E-state index in [4.69, 9.17) is 0 Å². The maximum absolute atomic E-state index is 9.64. The topological polar surface area (TPSA) is 53.6 Å². The standard InChI is InChI=1S/C16H26N4S/c1-4-9-18-16(12-17)8-5-6-14(16)7-10-21-15-11-13(2)19-20(15)3/h11,14,18H,4-10H2,1-3H3. The first-order chi connectivity index (χ1) is 10.1. The highest BCUT2D eigenvalue weighted by atomic mass is 32.2. The number of rotatable bonds is 7. The van der Waals surface area contributed by atoms with Gasteiger partial charge in [-0.3, -0.25) is 10.00 Å². The number of nitriles is 1. The first kappa shape index (κ1) is 16.4. The van der Waals surface area contributed by atoms with Crippen LogP contribution in [0.3, 0.4) is 0 Å². The molecule has 0 aromatic carbocycles. The molecule has 1 heterocycles. The van der Waals surface area contributed by atoms with E-state index in [0.29, 0.717) is 5.92 Å². The maximum atomic E-state index is 9.64. The fourth-order valence-electron chi connectivity index (χ4n) is 3.26. The summed E-state index contributed by atoms with van der Waals surface area (Å²) in [6.45, 7) is 5.12. The second-order valence-corrected chi connectivity index (χ2v) is 7.10. The molecule has 21 heavy (non-hydrogen) atoms. The Bertz CT molecular complexity index is 505. The zero-order valence-electron chi connectivity index (χ0n) is 13.4. The van der Waals surface area contributed by atoms with Crippen molar-refractivity contribution in [1.82, 2.24) is 15.1 Å². The third-order valence-electron chi connectivity index (χ3n) is 4.39. The number of hydrogen-bond donors (Lipinski definition) is 1. The van der Waals surface area contributed by atoms with E-state index in [-0.39, 0.29) is 5.54 Å². The van der Waals surface area contributed by atoms with Crippen molar-refractivity contribution in [2.24, 2.45) is 13.0 Å². The molecule has 2 atom stereocenters. The van der Waals surface area contributed by atoms with Gasteiger partial charge >= 0.3 is 0 Å². The molecule has 2 unspecified atom stereocenters. The van der Waals surface area contributed by atoms with Crippen LogP contribution in [0, 0.1) is 24.2 Å². The molecule has 1 saturated carbocycles. The summed E-state index contributed by atoms with van der Waals surface area (Å²) in [5.74, 6) is 1.54. The molecule has 5 heteroatoms. The van der Waals surface area contributed by atoms with Crippen LogP contribution in [0.2, 0.25) is 0 Å². The van der Waals surface area contributed by atoms with Gasteiger partial charge in [0, 0.05) is 7.05 Å². The molecule has 0 saturated heterocycles. The number of thioether (sulfide) groups is 1. The fraction of sp³-hybridized carbons (Fsp3) is 0.750. The second-order valence-electron chi connectivity index (χ2n) is 5.98. The van der Waals surface area contributed by atoms with E-state index >= 15 is 0 Å². The van der Waals surface area contributed by atoms with Crippen LogP contribution in [0.5, 0.6) is 0 Å². The van der Waals surface area contributed by atoms with Crippen molar-refractivity contribution >= 4 is 11.8 Å². The summed E-state index contributed by atoms with van der Waals surface area (Å²) in [5.41, 5.74) is 0.788. The molecule has 1 aromatic heterocycles. The Balaban J connectivity index is 1.89. The lowest BCUT2D eigenvalue weighted by molar-refractivity contribution is 0.311. The van der Waals surface area contributed by atoms with Crippen LogP contribution in [0.1, 0.15) is 44.7 Å². The van der Waals surface area contributed by atoms with E-state index in [1.54, 1.807) is 0 Å². The van der Waals surface area contributed by atoms with E-state index < -0.39 is 0 Å². The lowest BCUT2D eigenvalue weighted by Gasteiger charge is -2.30. The Morgan fingerprint density at radius 3 is 3.05 bits per heavy atom. The maximum Gasteiger partial charge on any atom is 0.109 e. The molecule has 0 amide bonds. The molecule has 0 radical (unpaired) electrons. The van der Waals surface area contributed by atoms with Crippen LogP contribution in [-0.4, -0.2) is 27.6 Å². The summed E-state index contributed by atoms with van der Waals surface area (Å²) in [5, 5.41) is 18.8. The van der Waals surface area contributed by atoms with Gasteiger partial charge in [0.15, 0.2) is 0 Å². The highest BCUT2D eigenvalue weighted by Crippen LogP contribution is 2.38. The van der Waals surface area contributed by atoms with Crippen LogP contribution in [0.4, 0.5) is 0 Å². The summed E-state index contributed by atoms with van der Waals surface area (Å²) >= 11 is 1.85. The molecule has 0 aliphatic heterocycles. The van der Waals surface area contributed by atoms with Crippen molar-refractivity contribution < 1.29 is 0 Å². The molecule has 1 aliphatic rings. The lowest BCUT2D eigenvalue weighted by Crippen LogP contribution is -2.47. The molecule has 2 rings (SSSR count). The molecule has 4 nitrogen and oxygen atoms in total. The van der Waals surface area contributed by atoms with Crippen LogP contribution >= 0.6 is 11.8 Å². The molecule has 1 aliphatic carbocycles. The smallest absolute Gasteiger partial charge is 0.109 e. The minimum atomic E-state index is -0.279. The molecule has 1 N–H and O–H groups in total. The van der Waals surface area contributed by atoms with Gasteiger partial charge < -0.3 is 0 Å². The zero-order valence-corrected chi connectivity index (χ0v) is 14.2. The second kappa shape index (κ2) is 7.33. The van der Waals surface area contributed by atoms with Crippen molar-refractivity contribution in [3.05, 3.63) is 11.8 Å². The van der Waals surface area contributed by atoms with Gasteiger partial charge in [-0.25, -0.2) is 0 Å². The number of aryl methyl sites for hydroxylation is 2. The summed E-state index contributed by atoms with van der Waals surface area (Å²) in [7, 11) is 1.99. The van der Waals surface area contributed by atoms with Gasteiger partial charge in [0.1, 0.15) is 5.54 Å². The van der Waals surface area contributed by atoms with Gasteiger partial charge in [-0.2, -0.15) is 10.4 Å². The SMILES string of the molecule is CCCNC1(C#N)CCCC1CCSc1cc(C)nn1C. The zero-order chi connectivity index (χ0) is 15.3. The average molecular weight is 306 g/mol. The largest absolute Gasteiger partial charge is 0.299 e. The first-order valence-electron chi connectivity index (χ1n) is 7.91. The monoisotopic (exact) mass is 306 g/mol. The molecule has 116 valence electrons. The van der Waals surface area contributed by atoms with E-state index in [9.17, 15) is 5.26 Å². The highest BCUT2D eigenvalue weighted by molar-refractivity contribution is 7.99. The summed E-state index contributed by atoms with van der Waals surface area (Å²) in [6.07, 6.45) is 5.53. The summed E-state index contributed by atoms with van der Waals surface area (Å²) < 4.78 is 1.95. The number of nitrogens with one attached hydrogen (secondary N) is 1. The van der Waals surface area contributed by atoms with E-state index in [1.807, 2.05) is 30.4 Å². The number of nitrogens with zero attached hydrogens (tertiary/aromatic N) is 3. The van der Waals surface area contributed by atoms with Gasteiger partial charge in [-0.15, -0.1) is 11.8 Å². The van der Waals surface area contributed by atoms with Crippen molar-refractivity contribution in [2.45, 2.75) is 56.5 Å². The number of aromatic nitrogens is 2. The van der Waals surface area contributed by atoms with Crippen LogP contribution in [-0.2, 0) is 7.05 Å². The van der Waals surface area contributed by atoms with E-state index in [0.717, 1.165) is 37.3 Å². The van der Waals surface area contributed by atoms with Crippen molar-refractivity contribution in [1.29, 1.82) is 5.26 Å². The number of hydrogen-bond acceptors (Lipinski definition) is 4. The van der Waals surface area contributed by atoms with Crippen LogP contribution in [0.15, 0.2) is 11.1 Å².